The first-order valence-electron chi connectivity index (χ1n) is 9.42. The van der Waals surface area contributed by atoms with Gasteiger partial charge < -0.3 is 14.8 Å². The zero-order valence-electron chi connectivity index (χ0n) is 16.9. The van der Waals surface area contributed by atoms with Crippen LogP contribution in [0, 0.1) is 5.92 Å². The molecule has 1 aliphatic heterocycles. The maximum Gasteiger partial charge on any atom is 0.338 e. The molecule has 0 spiro atoms. The lowest BCUT2D eigenvalue weighted by atomic mass is 10.1. The average molecular weight is 410 g/mol. The third-order valence-corrected chi connectivity index (χ3v) is 4.47. The summed E-state index contributed by atoms with van der Waals surface area (Å²) in [5, 5.41) is 2.60. The minimum Gasteiger partial charge on any atom is -0.495 e. The second-order valence-corrected chi connectivity index (χ2v) is 7.20. The molecule has 8 heteroatoms. The molecule has 2 aromatic carbocycles. The fourth-order valence-electron chi connectivity index (χ4n) is 3.10. The second-order valence-electron chi connectivity index (χ2n) is 7.20. The monoisotopic (exact) mass is 410 g/mol. The summed E-state index contributed by atoms with van der Waals surface area (Å²) in [6, 6.07) is 11.0. The molecule has 1 N–H and O–H groups in total. The minimum atomic E-state index is -0.768. The van der Waals surface area contributed by atoms with Gasteiger partial charge in [0.05, 0.1) is 29.5 Å². The maximum absolute atomic E-state index is 12.5. The molecule has 0 fully saturated rings. The number of imide groups is 1. The highest BCUT2D eigenvalue weighted by molar-refractivity contribution is 6.22. The summed E-state index contributed by atoms with van der Waals surface area (Å²) in [5.74, 6) is -1.52. The molecule has 0 unspecified atom stereocenters. The van der Waals surface area contributed by atoms with Crippen LogP contribution in [-0.4, -0.2) is 48.9 Å². The Kier molecular flexibility index (Phi) is 6.15. The largest absolute Gasteiger partial charge is 0.495 e. The van der Waals surface area contributed by atoms with Crippen molar-refractivity contribution in [3.05, 3.63) is 59.2 Å². The Morgan fingerprint density at radius 1 is 1.03 bits per heavy atom. The van der Waals surface area contributed by atoms with E-state index in [0.29, 0.717) is 18.0 Å². The molecule has 30 heavy (non-hydrogen) atoms. The van der Waals surface area contributed by atoms with E-state index < -0.39 is 24.4 Å². The molecule has 0 saturated heterocycles. The quantitative estimate of drug-likeness (QED) is 0.556. The van der Waals surface area contributed by atoms with Crippen molar-refractivity contribution in [3.63, 3.8) is 0 Å². The Labute approximate surface area is 173 Å². The van der Waals surface area contributed by atoms with Crippen molar-refractivity contribution in [1.82, 2.24) is 4.90 Å². The SMILES string of the molecule is COc1ccccc1NC(=O)COC(=O)c1ccc2c(c1)C(=O)N(CC(C)C)C2=O. The van der Waals surface area contributed by atoms with Crippen LogP contribution in [-0.2, 0) is 9.53 Å². The number of benzene rings is 2. The summed E-state index contributed by atoms with van der Waals surface area (Å²) >= 11 is 0. The van der Waals surface area contributed by atoms with Crippen LogP contribution in [0.15, 0.2) is 42.5 Å². The average Bonchev–Trinajstić information content (AvgIpc) is 2.96. The van der Waals surface area contributed by atoms with Crippen molar-refractivity contribution < 1.29 is 28.7 Å². The fourth-order valence-corrected chi connectivity index (χ4v) is 3.10. The Hall–Kier alpha value is -3.68. The van der Waals surface area contributed by atoms with Crippen LogP contribution in [0.5, 0.6) is 5.75 Å². The predicted molar refractivity (Wildman–Crippen MR) is 109 cm³/mol. The molecule has 156 valence electrons. The fraction of sp³-hybridized carbons (Fsp3) is 0.273. The smallest absolute Gasteiger partial charge is 0.338 e. The van der Waals surface area contributed by atoms with Crippen LogP contribution < -0.4 is 10.1 Å². The van der Waals surface area contributed by atoms with Gasteiger partial charge in [-0.15, -0.1) is 0 Å². The van der Waals surface area contributed by atoms with Gasteiger partial charge in [0, 0.05) is 6.54 Å². The number of hydrogen-bond donors (Lipinski definition) is 1. The standard InChI is InChI=1S/C22H22N2O6/c1-13(2)11-24-20(26)15-9-8-14(10-16(15)21(24)27)22(28)30-12-19(25)23-17-6-4-5-7-18(17)29-3/h4-10,13H,11-12H2,1-3H3,(H,23,25). The lowest BCUT2D eigenvalue weighted by Gasteiger charge is -2.15. The number of ether oxygens (including phenoxy) is 2. The van der Waals surface area contributed by atoms with E-state index in [1.165, 1.54) is 30.2 Å². The number of carbonyl (C=O) groups excluding carboxylic acids is 4. The number of esters is 1. The van der Waals surface area contributed by atoms with E-state index in [1.54, 1.807) is 24.3 Å². The van der Waals surface area contributed by atoms with Gasteiger partial charge in [0.1, 0.15) is 5.75 Å². The summed E-state index contributed by atoms with van der Waals surface area (Å²) in [7, 11) is 1.48. The Balaban J connectivity index is 1.65. The highest BCUT2D eigenvalue weighted by Crippen LogP contribution is 2.25. The predicted octanol–water partition coefficient (Wildman–Crippen LogP) is 2.74. The summed E-state index contributed by atoms with van der Waals surface area (Å²) in [6.07, 6.45) is 0. The first-order valence-corrected chi connectivity index (χ1v) is 9.42. The van der Waals surface area contributed by atoms with Gasteiger partial charge >= 0.3 is 5.97 Å². The first-order chi connectivity index (χ1) is 14.3. The number of nitrogens with one attached hydrogen (secondary N) is 1. The molecule has 2 aromatic rings. The van der Waals surface area contributed by atoms with Gasteiger partial charge in [-0.1, -0.05) is 26.0 Å². The van der Waals surface area contributed by atoms with E-state index in [0.717, 1.165) is 0 Å². The molecule has 0 aliphatic carbocycles. The van der Waals surface area contributed by atoms with Gasteiger partial charge in [-0.05, 0) is 36.2 Å². The molecule has 0 bridgehead atoms. The number of anilines is 1. The van der Waals surface area contributed by atoms with Crippen LogP contribution in [0.3, 0.4) is 0 Å². The molecular weight excluding hydrogens is 388 g/mol. The molecule has 3 rings (SSSR count). The van der Waals surface area contributed by atoms with Crippen molar-refractivity contribution in [1.29, 1.82) is 0 Å². The lowest BCUT2D eigenvalue weighted by molar-refractivity contribution is -0.119. The number of methoxy groups -OCH3 is 1. The number of hydrogen-bond acceptors (Lipinski definition) is 6. The van der Waals surface area contributed by atoms with E-state index in [4.69, 9.17) is 9.47 Å². The maximum atomic E-state index is 12.5. The molecule has 8 nitrogen and oxygen atoms in total. The van der Waals surface area contributed by atoms with Gasteiger partial charge in [0.25, 0.3) is 17.7 Å². The van der Waals surface area contributed by atoms with Gasteiger partial charge in [-0.3, -0.25) is 19.3 Å². The molecule has 1 aliphatic rings. The summed E-state index contributed by atoms with van der Waals surface area (Å²) < 4.78 is 10.2. The molecule has 0 saturated carbocycles. The van der Waals surface area contributed by atoms with E-state index >= 15 is 0 Å². The van der Waals surface area contributed by atoms with Gasteiger partial charge in [0.2, 0.25) is 0 Å². The van der Waals surface area contributed by atoms with Crippen molar-refractivity contribution >= 4 is 29.4 Å². The molecule has 0 radical (unpaired) electrons. The zero-order valence-corrected chi connectivity index (χ0v) is 16.9. The van der Waals surface area contributed by atoms with Gasteiger partial charge in [-0.2, -0.15) is 0 Å². The van der Waals surface area contributed by atoms with E-state index in [-0.39, 0.29) is 28.5 Å². The molecule has 3 amide bonds. The van der Waals surface area contributed by atoms with Crippen molar-refractivity contribution in [3.8, 4) is 5.75 Å². The number of fused-ring (bicyclic) bond motifs is 1. The van der Waals surface area contributed by atoms with Crippen LogP contribution in [0.1, 0.15) is 44.9 Å². The van der Waals surface area contributed by atoms with E-state index in [2.05, 4.69) is 5.32 Å². The summed E-state index contributed by atoms with van der Waals surface area (Å²) in [6.45, 7) is 3.60. The highest BCUT2D eigenvalue weighted by atomic mass is 16.5. The highest BCUT2D eigenvalue weighted by Gasteiger charge is 2.36. The molecule has 1 heterocycles. The van der Waals surface area contributed by atoms with Crippen LogP contribution >= 0.6 is 0 Å². The topological polar surface area (TPSA) is 102 Å². The number of carbonyl (C=O) groups is 4. The van der Waals surface area contributed by atoms with Gasteiger partial charge in [0.15, 0.2) is 6.61 Å². The van der Waals surface area contributed by atoms with Gasteiger partial charge in [-0.25, -0.2) is 4.79 Å². The van der Waals surface area contributed by atoms with Crippen molar-refractivity contribution in [2.45, 2.75) is 13.8 Å². The minimum absolute atomic E-state index is 0.0892. The Morgan fingerprint density at radius 2 is 1.73 bits per heavy atom. The Morgan fingerprint density at radius 3 is 2.43 bits per heavy atom. The molecule has 0 aromatic heterocycles. The number of para-hydroxylation sites is 2. The number of amides is 3. The normalized spacial score (nSPS) is 12.7. The third-order valence-electron chi connectivity index (χ3n) is 4.47. The summed E-state index contributed by atoms with van der Waals surface area (Å²) in [5.41, 5.74) is 0.957. The van der Waals surface area contributed by atoms with Crippen molar-refractivity contribution in [2.75, 3.05) is 25.6 Å². The van der Waals surface area contributed by atoms with Crippen LogP contribution in [0.25, 0.3) is 0 Å². The van der Waals surface area contributed by atoms with Crippen LogP contribution in [0.2, 0.25) is 0 Å². The molecular formula is C22H22N2O6. The van der Waals surface area contributed by atoms with Crippen molar-refractivity contribution in [2.24, 2.45) is 5.92 Å². The number of nitrogens with zero attached hydrogens (tertiary/aromatic N) is 1. The van der Waals surface area contributed by atoms with E-state index in [1.807, 2.05) is 13.8 Å². The number of rotatable bonds is 7. The van der Waals surface area contributed by atoms with E-state index in [9.17, 15) is 19.2 Å². The first kappa shape index (κ1) is 21.0. The zero-order chi connectivity index (χ0) is 21.8. The second kappa shape index (κ2) is 8.77. The molecule has 0 atom stereocenters. The lowest BCUT2D eigenvalue weighted by Crippen LogP contribution is -2.33. The van der Waals surface area contributed by atoms with Crippen LogP contribution in [0.4, 0.5) is 5.69 Å². The summed E-state index contributed by atoms with van der Waals surface area (Å²) in [4.78, 5) is 50.5. The third kappa shape index (κ3) is 4.32. The Bertz CT molecular complexity index is 1010.